The summed E-state index contributed by atoms with van der Waals surface area (Å²) in [6.07, 6.45) is 1.09. The van der Waals surface area contributed by atoms with Crippen molar-refractivity contribution in [2.75, 3.05) is 13.2 Å². The van der Waals surface area contributed by atoms with Crippen molar-refractivity contribution in [3.63, 3.8) is 0 Å². The van der Waals surface area contributed by atoms with Crippen molar-refractivity contribution in [1.29, 1.82) is 0 Å². The number of hydrogen-bond donors (Lipinski definition) is 1. The van der Waals surface area contributed by atoms with Gasteiger partial charge in [0.15, 0.2) is 11.5 Å². The Kier molecular flexibility index (Phi) is 6.57. The lowest BCUT2D eigenvalue weighted by molar-refractivity contribution is 0.201. The van der Waals surface area contributed by atoms with Gasteiger partial charge in [-0.1, -0.05) is 25.1 Å². The van der Waals surface area contributed by atoms with Gasteiger partial charge in [-0.25, -0.2) is 0 Å². The van der Waals surface area contributed by atoms with Crippen molar-refractivity contribution in [2.24, 2.45) is 0 Å². The summed E-state index contributed by atoms with van der Waals surface area (Å²) < 4.78 is 11.7. The molecule has 2 rings (SSSR count). The smallest absolute Gasteiger partial charge is 0.161 e. The third-order valence-corrected chi connectivity index (χ3v) is 3.83. The van der Waals surface area contributed by atoms with Gasteiger partial charge in [0, 0.05) is 18.0 Å². The fourth-order valence-corrected chi connectivity index (χ4v) is 2.62. The summed E-state index contributed by atoms with van der Waals surface area (Å²) in [6.45, 7) is 6.57. The van der Waals surface area contributed by atoms with Gasteiger partial charge >= 0.3 is 0 Å². The van der Waals surface area contributed by atoms with E-state index in [9.17, 15) is 0 Å². The Balaban J connectivity index is 1.80. The van der Waals surface area contributed by atoms with Gasteiger partial charge < -0.3 is 14.8 Å². The average Bonchev–Trinajstić information content (AvgIpc) is 2.99. The molecule has 1 atom stereocenters. The van der Waals surface area contributed by atoms with Gasteiger partial charge in [-0.2, -0.15) is 0 Å². The Hall–Kier alpha value is -1.52. The molecule has 114 valence electrons. The van der Waals surface area contributed by atoms with E-state index in [0.29, 0.717) is 6.61 Å². The molecule has 3 nitrogen and oxygen atoms in total. The highest BCUT2D eigenvalue weighted by Gasteiger charge is 2.08. The van der Waals surface area contributed by atoms with Gasteiger partial charge in [0.05, 0.1) is 6.61 Å². The van der Waals surface area contributed by atoms with Crippen LogP contribution in [-0.2, 0) is 6.54 Å². The van der Waals surface area contributed by atoms with Gasteiger partial charge in [0.2, 0.25) is 0 Å². The van der Waals surface area contributed by atoms with Crippen LogP contribution in [0.5, 0.6) is 11.5 Å². The molecular weight excluding hydrogens is 282 g/mol. The Morgan fingerprint density at radius 3 is 2.67 bits per heavy atom. The summed E-state index contributed by atoms with van der Waals surface area (Å²) >= 11 is 1.77. The molecule has 0 saturated carbocycles. The Labute approximate surface area is 130 Å². The number of hydrogen-bond acceptors (Lipinski definition) is 4. The first-order chi connectivity index (χ1) is 10.3. The van der Waals surface area contributed by atoms with E-state index < -0.39 is 0 Å². The summed E-state index contributed by atoms with van der Waals surface area (Å²) in [5, 5.41) is 5.51. The van der Waals surface area contributed by atoms with E-state index in [1.54, 1.807) is 11.3 Å². The minimum atomic E-state index is 0.0938. The molecule has 21 heavy (non-hydrogen) atoms. The van der Waals surface area contributed by atoms with E-state index in [-0.39, 0.29) is 6.10 Å². The van der Waals surface area contributed by atoms with Crippen LogP contribution >= 0.6 is 11.3 Å². The van der Waals surface area contributed by atoms with Crippen molar-refractivity contribution in [3.05, 3.63) is 46.7 Å². The monoisotopic (exact) mass is 305 g/mol. The molecule has 0 saturated heterocycles. The maximum atomic E-state index is 5.98. The number of nitrogens with one attached hydrogen (secondary N) is 1. The summed E-state index contributed by atoms with van der Waals surface area (Å²) in [7, 11) is 0. The number of rotatable bonds is 9. The fourth-order valence-electron chi connectivity index (χ4n) is 1.95. The molecule has 1 aromatic carbocycles. The number of ether oxygens (including phenoxy) is 2. The van der Waals surface area contributed by atoms with Gasteiger partial charge in [-0.15, -0.1) is 11.3 Å². The first kappa shape index (κ1) is 15.9. The molecule has 1 aromatic heterocycles. The Morgan fingerprint density at radius 1 is 1.14 bits per heavy atom. The fraction of sp³-hybridized carbons (Fsp3) is 0.412. The summed E-state index contributed by atoms with van der Waals surface area (Å²) in [4.78, 5) is 1.34. The van der Waals surface area contributed by atoms with Crippen molar-refractivity contribution >= 4 is 11.3 Å². The molecule has 4 heteroatoms. The van der Waals surface area contributed by atoms with Crippen LogP contribution < -0.4 is 14.8 Å². The van der Waals surface area contributed by atoms with Crippen molar-refractivity contribution in [2.45, 2.75) is 32.9 Å². The molecular formula is C17H23NO2S. The molecule has 0 amide bonds. The van der Waals surface area contributed by atoms with Crippen LogP contribution in [0, 0.1) is 0 Å². The van der Waals surface area contributed by atoms with Crippen LogP contribution in [0.1, 0.15) is 25.1 Å². The predicted octanol–water partition coefficient (Wildman–Crippen LogP) is 4.09. The van der Waals surface area contributed by atoms with Gasteiger partial charge in [-0.3, -0.25) is 0 Å². The lowest BCUT2D eigenvalue weighted by atomic mass is 10.3. The number of benzene rings is 1. The van der Waals surface area contributed by atoms with Crippen LogP contribution in [0.2, 0.25) is 0 Å². The quantitative estimate of drug-likeness (QED) is 0.757. The zero-order valence-electron chi connectivity index (χ0n) is 12.7. The van der Waals surface area contributed by atoms with E-state index in [1.807, 2.05) is 24.3 Å². The maximum Gasteiger partial charge on any atom is 0.161 e. The van der Waals surface area contributed by atoms with E-state index in [4.69, 9.17) is 9.47 Å². The Bertz CT molecular complexity index is 513. The summed E-state index contributed by atoms with van der Waals surface area (Å²) in [5.41, 5.74) is 0. The van der Waals surface area contributed by atoms with E-state index in [2.05, 4.69) is 36.7 Å². The first-order valence-electron chi connectivity index (χ1n) is 7.41. The number of para-hydroxylation sites is 2. The van der Waals surface area contributed by atoms with Crippen molar-refractivity contribution in [3.8, 4) is 11.5 Å². The zero-order valence-corrected chi connectivity index (χ0v) is 13.5. The number of thiophene rings is 1. The van der Waals surface area contributed by atoms with E-state index in [0.717, 1.165) is 31.0 Å². The minimum absolute atomic E-state index is 0.0938. The van der Waals surface area contributed by atoms with Crippen LogP contribution in [0.3, 0.4) is 0 Å². The van der Waals surface area contributed by atoms with Crippen LogP contribution in [-0.4, -0.2) is 19.3 Å². The molecule has 1 heterocycles. The van der Waals surface area contributed by atoms with E-state index >= 15 is 0 Å². The molecule has 0 aliphatic carbocycles. The molecule has 0 aliphatic rings. The molecule has 0 radical (unpaired) electrons. The van der Waals surface area contributed by atoms with Crippen LogP contribution in [0.15, 0.2) is 41.8 Å². The summed E-state index contributed by atoms with van der Waals surface area (Å²) in [5.74, 6) is 1.64. The molecule has 1 unspecified atom stereocenters. The second-order valence-corrected chi connectivity index (χ2v) is 5.97. The largest absolute Gasteiger partial charge is 0.490 e. The van der Waals surface area contributed by atoms with Crippen LogP contribution in [0.4, 0.5) is 0 Å². The van der Waals surface area contributed by atoms with Gasteiger partial charge in [-0.05, 0) is 36.9 Å². The van der Waals surface area contributed by atoms with Gasteiger partial charge in [0.1, 0.15) is 6.10 Å². The maximum absolute atomic E-state index is 5.98. The normalized spacial score (nSPS) is 12.1. The minimum Gasteiger partial charge on any atom is -0.490 e. The van der Waals surface area contributed by atoms with E-state index in [1.165, 1.54) is 4.88 Å². The highest BCUT2D eigenvalue weighted by Crippen LogP contribution is 2.27. The Morgan fingerprint density at radius 2 is 1.95 bits per heavy atom. The second-order valence-electron chi connectivity index (χ2n) is 4.93. The molecule has 0 aliphatic heterocycles. The average molecular weight is 305 g/mol. The zero-order chi connectivity index (χ0) is 14.9. The molecule has 0 bridgehead atoms. The lowest BCUT2D eigenvalue weighted by Gasteiger charge is -2.18. The topological polar surface area (TPSA) is 30.5 Å². The van der Waals surface area contributed by atoms with Crippen molar-refractivity contribution < 1.29 is 9.47 Å². The summed E-state index contributed by atoms with van der Waals surface area (Å²) in [6, 6.07) is 12.1. The highest BCUT2D eigenvalue weighted by molar-refractivity contribution is 7.09. The molecule has 2 aromatic rings. The third-order valence-electron chi connectivity index (χ3n) is 2.95. The van der Waals surface area contributed by atoms with Crippen molar-refractivity contribution in [1.82, 2.24) is 5.32 Å². The second kappa shape index (κ2) is 8.70. The predicted molar refractivity (Wildman–Crippen MR) is 88.3 cm³/mol. The SMILES string of the molecule is CCCOc1ccccc1OC(C)CNCc1cccs1. The van der Waals surface area contributed by atoms with Crippen LogP contribution in [0.25, 0.3) is 0 Å². The highest BCUT2D eigenvalue weighted by atomic mass is 32.1. The lowest BCUT2D eigenvalue weighted by Crippen LogP contribution is -2.28. The van der Waals surface area contributed by atoms with Gasteiger partial charge in [0.25, 0.3) is 0 Å². The molecule has 0 spiro atoms. The molecule has 1 N–H and O–H groups in total. The standard InChI is InChI=1S/C17H23NO2S/c1-3-10-19-16-8-4-5-9-17(16)20-14(2)12-18-13-15-7-6-11-21-15/h4-9,11,14,18H,3,10,12-13H2,1-2H3. The first-order valence-corrected chi connectivity index (χ1v) is 8.29. The molecule has 0 fully saturated rings. The third kappa shape index (κ3) is 5.40.